The molecule has 0 saturated heterocycles. The molecule has 112 valence electrons. The average Bonchev–Trinajstić information content (AvgIpc) is 3.04. The lowest BCUT2D eigenvalue weighted by molar-refractivity contribution is -0.138. The van der Waals surface area contributed by atoms with E-state index in [1.807, 2.05) is 0 Å². The van der Waals surface area contributed by atoms with E-state index in [9.17, 15) is 18.3 Å². The predicted molar refractivity (Wildman–Crippen MR) is 64.9 cm³/mol. The Morgan fingerprint density at radius 2 is 2.00 bits per heavy atom. The Labute approximate surface area is 111 Å². The summed E-state index contributed by atoms with van der Waals surface area (Å²) in [5.74, 6) is 0. The van der Waals surface area contributed by atoms with Gasteiger partial charge < -0.3 is 15.2 Å². The standard InChI is InChI=1S/C13H22F3NO2/c14-13(15,16)5-1-7-19-11-4-6-12(8-11,9-18)17-10-2-3-10/h10-11,17-18H,1-9H2. The van der Waals surface area contributed by atoms with Crippen LogP contribution >= 0.6 is 0 Å². The van der Waals surface area contributed by atoms with Crippen LogP contribution in [0.2, 0.25) is 0 Å². The summed E-state index contributed by atoms with van der Waals surface area (Å²) in [6, 6.07) is 0.510. The molecule has 0 aromatic rings. The number of aliphatic hydroxyl groups excluding tert-OH is 1. The summed E-state index contributed by atoms with van der Waals surface area (Å²) < 4.78 is 41.5. The van der Waals surface area contributed by atoms with Crippen LogP contribution in [0.15, 0.2) is 0 Å². The second-order valence-corrected chi connectivity index (χ2v) is 5.81. The van der Waals surface area contributed by atoms with Crippen molar-refractivity contribution >= 4 is 0 Å². The topological polar surface area (TPSA) is 41.5 Å². The van der Waals surface area contributed by atoms with Crippen LogP contribution in [0.4, 0.5) is 13.2 Å². The van der Waals surface area contributed by atoms with Gasteiger partial charge in [0.25, 0.3) is 0 Å². The van der Waals surface area contributed by atoms with Crippen LogP contribution < -0.4 is 5.32 Å². The maximum absolute atomic E-state index is 12.0. The van der Waals surface area contributed by atoms with Crippen LogP contribution in [0.25, 0.3) is 0 Å². The molecule has 2 fully saturated rings. The summed E-state index contributed by atoms with van der Waals surface area (Å²) >= 11 is 0. The van der Waals surface area contributed by atoms with Gasteiger partial charge in [-0.25, -0.2) is 0 Å². The Morgan fingerprint density at radius 1 is 1.26 bits per heavy atom. The zero-order valence-electron chi connectivity index (χ0n) is 11.0. The van der Waals surface area contributed by atoms with Crippen molar-refractivity contribution < 1.29 is 23.0 Å². The zero-order valence-corrected chi connectivity index (χ0v) is 11.0. The van der Waals surface area contributed by atoms with E-state index in [0.717, 1.165) is 25.7 Å². The van der Waals surface area contributed by atoms with Gasteiger partial charge in [0.15, 0.2) is 0 Å². The van der Waals surface area contributed by atoms with E-state index in [4.69, 9.17) is 4.74 Å². The molecule has 2 saturated carbocycles. The van der Waals surface area contributed by atoms with Crippen LogP contribution in [-0.2, 0) is 4.74 Å². The van der Waals surface area contributed by atoms with E-state index in [-0.39, 0.29) is 31.3 Å². The van der Waals surface area contributed by atoms with Crippen LogP contribution in [0.1, 0.15) is 44.9 Å². The number of hydrogen-bond acceptors (Lipinski definition) is 3. The molecule has 0 aliphatic heterocycles. The third-order valence-corrected chi connectivity index (χ3v) is 3.91. The van der Waals surface area contributed by atoms with Crippen molar-refractivity contribution in [3.8, 4) is 0 Å². The number of ether oxygens (including phenoxy) is 1. The Kier molecular flexibility index (Phi) is 4.74. The lowest BCUT2D eigenvalue weighted by Crippen LogP contribution is -2.48. The van der Waals surface area contributed by atoms with Crippen LogP contribution in [0.3, 0.4) is 0 Å². The Balaban J connectivity index is 1.66. The molecule has 3 nitrogen and oxygen atoms in total. The number of alkyl halides is 3. The molecule has 0 aromatic carbocycles. The van der Waals surface area contributed by atoms with Crippen molar-refractivity contribution in [2.75, 3.05) is 13.2 Å². The molecule has 0 spiro atoms. The molecule has 0 heterocycles. The van der Waals surface area contributed by atoms with Gasteiger partial charge in [-0.1, -0.05) is 0 Å². The fraction of sp³-hybridized carbons (Fsp3) is 1.00. The summed E-state index contributed by atoms with van der Waals surface area (Å²) in [5, 5.41) is 13.0. The quantitative estimate of drug-likeness (QED) is 0.704. The first-order chi connectivity index (χ1) is 8.92. The first kappa shape index (κ1) is 15.1. The van der Waals surface area contributed by atoms with E-state index >= 15 is 0 Å². The van der Waals surface area contributed by atoms with Gasteiger partial charge in [-0.05, 0) is 38.5 Å². The average molecular weight is 281 g/mol. The first-order valence-corrected chi connectivity index (χ1v) is 6.99. The Morgan fingerprint density at radius 3 is 2.58 bits per heavy atom. The maximum Gasteiger partial charge on any atom is 0.389 e. The monoisotopic (exact) mass is 281 g/mol. The molecule has 0 bridgehead atoms. The second-order valence-electron chi connectivity index (χ2n) is 5.81. The van der Waals surface area contributed by atoms with E-state index < -0.39 is 12.6 Å². The molecule has 0 radical (unpaired) electrons. The largest absolute Gasteiger partial charge is 0.394 e. The van der Waals surface area contributed by atoms with Gasteiger partial charge in [-0.3, -0.25) is 0 Å². The molecule has 0 amide bonds. The normalized spacial score (nSPS) is 31.9. The van der Waals surface area contributed by atoms with E-state index in [2.05, 4.69) is 5.32 Å². The smallest absolute Gasteiger partial charge is 0.389 e. The highest BCUT2D eigenvalue weighted by molar-refractivity contribution is 5.01. The summed E-state index contributed by atoms with van der Waals surface area (Å²) in [6.45, 7) is 0.223. The van der Waals surface area contributed by atoms with Crippen LogP contribution in [0.5, 0.6) is 0 Å². The lowest BCUT2D eigenvalue weighted by atomic mass is 9.98. The molecule has 0 aromatic heterocycles. The van der Waals surface area contributed by atoms with Gasteiger partial charge in [-0.15, -0.1) is 0 Å². The minimum Gasteiger partial charge on any atom is -0.394 e. The van der Waals surface area contributed by atoms with Crippen molar-refractivity contribution in [3.63, 3.8) is 0 Å². The summed E-state index contributed by atoms with van der Waals surface area (Å²) in [7, 11) is 0. The van der Waals surface area contributed by atoms with Crippen molar-refractivity contribution in [1.29, 1.82) is 0 Å². The van der Waals surface area contributed by atoms with Crippen molar-refractivity contribution in [3.05, 3.63) is 0 Å². The highest BCUT2D eigenvalue weighted by atomic mass is 19.4. The van der Waals surface area contributed by atoms with Crippen LogP contribution in [-0.4, -0.2) is 42.2 Å². The lowest BCUT2D eigenvalue weighted by Gasteiger charge is -2.28. The van der Waals surface area contributed by atoms with E-state index in [0.29, 0.717) is 12.5 Å². The van der Waals surface area contributed by atoms with E-state index in [1.165, 1.54) is 0 Å². The molecule has 2 aliphatic carbocycles. The molecule has 2 N–H and O–H groups in total. The fourth-order valence-electron chi connectivity index (χ4n) is 2.72. The maximum atomic E-state index is 12.0. The molecule has 2 unspecified atom stereocenters. The van der Waals surface area contributed by atoms with Crippen molar-refractivity contribution in [1.82, 2.24) is 5.32 Å². The number of halogens is 3. The summed E-state index contributed by atoms with van der Waals surface area (Å²) in [4.78, 5) is 0. The molecule has 2 aliphatic rings. The van der Waals surface area contributed by atoms with Gasteiger partial charge in [0, 0.05) is 24.6 Å². The number of nitrogens with one attached hydrogen (secondary N) is 1. The predicted octanol–water partition coefficient (Wildman–Crippen LogP) is 2.38. The number of hydrogen-bond donors (Lipinski definition) is 2. The minimum absolute atomic E-state index is 0.0161. The summed E-state index contributed by atoms with van der Waals surface area (Å²) in [6.07, 6.45) is -0.235. The van der Waals surface area contributed by atoms with Gasteiger partial charge >= 0.3 is 6.18 Å². The molecule has 2 atom stereocenters. The Hall–Kier alpha value is -0.330. The number of rotatable bonds is 7. The van der Waals surface area contributed by atoms with Crippen molar-refractivity contribution in [2.24, 2.45) is 0 Å². The minimum atomic E-state index is -4.10. The number of aliphatic hydroxyl groups is 1. The van der Waals surface area contributed by atoms with Gasteiger partial charge in [0.05, 0.1) is 12.7 Å². The molecular weight excluding hydrogens is 259 g/mol. The molecular formula is C13H22F3NO2. The highest BCUT2D eigenvalue weighted by Gasteiger charge is 2.42. The third kappa shape index (κ3) is 4.93. The second kappa shape index (κ2) is 5.97. The van der Waals surface area contributed by atoms with Gasteiger partial charge in [0.2, 0.25) is 0 Å². The first-order valence-electron chi connectivity index (χ1n) is 6.99. The van der Waals surface area contributed by atoms with Crippen LogP contribution in [0, 0.1) is 0 Å². The Bertz CT molecular complexity index is 294. The van der Waals surface area contributed by atoms with Crippen molar-refractivity contribution in [2.45, 2.75) is 68.8 Å². The molecule has 19 heavy (non-hydrogen) atoms. The highest BCUT2D eigenvalue weighted by Crippen LogP contribution is 2.35. The fourth-order valence-corrected chi connectivity index (χ4v) is 2.72. The van der Waals surface area contributed by atoms with Gasteiger partial charge in [0.1, 0.15) is 0 Å². The van der Waals surface area contributed by atoms with E-state index in [1.54, 1.807) is 0 Å². The molecule has 6 heteroatoms. The third-order valence-electron chi connectivity index (χ3n) is 3.91. The zero-order chi connectivity index (χ0) is 13.9. The summed E-state index contributed by atoms with van der Waals surface area (Å²) in [5.41, 5.74) is -0.268. The van der Waals surface area contributed by atoms with Gasteiger partial charge in [-0.2, -0.15) is 13.2 Å². The SMILES string of the molecule is OCC1(NC2CC2)CCC(OCCCC(F)(F)F)C1. The molecule has 2 rings (SSSR count).